The molecule has 0 aromatic carbocycles. The van der Waals surface area contributed by atoms with E-state index < -0.39 is 28.6 Å². The van der Waals surface area contributed by atoms with Crippen LogP contribution in [0, 0.1) is 0 Å². The number of hydrogen-bond acceptors (Lipinski definition) is 10. The molecular formula is C3H9O10PS2. The molecule has 0 aromatic rings. The Bertz CT molecular complexity index is 420. The fourth-order valence-electron chi connectivity index (χ4n) is 0.358. The van der Waals surface area contributed by atoms with E-state index in [9.17, 15) is 21.4 Å². The average molecular weight is 300 g/mol. The first-order valence-electron chi connectivity index (χ1n) is 3.29. The molecule has 13 heteroatoms. The normalized spacial score (nSPS) is 13.9. The lowest BCUT2D eigenvalue weighted by Crippen LogP contribution is -2.12. The Hall–Kier alpha value is -0.0700. The second kappa shape index (κ2) is 5.51. The van der Waals surface area contributed by atoms with Crippen LogP contribution in [0.4, 0.5) is 0 Å². The Kier molecular flexibility index (Phi) is 5.49. The molecule has 0 N–H and O–H groups in total. The fourth-order valence-corrected chi connectivity index (χ4v) is 3.44. The minimum absolute atomic E-state index is 0.695. The molecule has 0 unspecified atom stereocenters. The van der Waals surface area contributed by atoms with Gasteiger partial charge >= 0.3 is 28.6 Å². The Balaban J connectivity index is 5.04. The molecule has 0 saturated carbocycles. The molecule has 0 atom stereocenters. The Labute approximate surface area is 92.7 Å². The molecule has 0 aliphatic carbocycles. The van der Waals surface area contributed by atoms with Gasteiger partial charge in [0, 0.05) is 7.11 Å². The molecule has 98 valence electrons. The van der Waals surface area contributed by atoms with Gasteiger partial charge in [0.15, 0.2) is 0 Å². The van der Waals surface area contributed by atoms with E-state index in [1.807, 2.05) is 0 Å². The first-order valence-corrected chi connectivity index (χ1v) is 7.42. The molecule has 0 fully saturated rings. The molecular weight excluding hydrogens is 291 g/mol. The van der Waals surface area contributed by atoms with E-state index in [2.05, 4.69) is 20.8 Å². The summed E-state index contributed by atoms with van der Waals surface area (Å²) in [5.74, 6) is 0. The van der Waals surface area contributed by atoms with Crippen LogP contribution in [0.1, 0.15) is 0 Å². The van der Waals surface area contributed by atoms with Gasteiger partial charge in [-0.05, 0) is 0 Å². The molecule has 0 heterocycles. The van der Waals surface area contributed by atoms with Gasteiger partial charge in [0.05, 0.1) is 14.2 Å². The van der Waals surface area contributed by atoms with Crippen molar-refractivity contribution in [3.05, 3.63) is 0 Å². The predicted octanol–water partition coefficient (Wildman–Crippen LogP) is -0.444. The highest BCUT2D eigenvalue weighted by Crippen LogP contribution is 2.51. The van der Waals surface area contributed by atoms with Crippen molar-refractivity contribution in [3.8, 4) is 0 Å². The van der Waals surface area contributed by atoms with Crippen LogP contribution in [-0.2, 0) is 46.2 Å². The first-order chi connectivity index (χ1) is 7.10. The van der Waals surface area contributed by atoms with Crippen molar-refractivity contribution < 1.29 is 42.2 Å². The second-order valence-electron chi connectivity index (χ2n) is 1.93. The summed E-state index contributed by atoms with van der Waals surface area (Å²) in [6, 6.07) is 0. The predicted molar refractivity (Wildman–Crippen MR) is 48.6 cm³/mol. The molecule has 0 radical (unpaired) electrons. The zero-order valence-corrected chi connectivity index (χ0v) is 10.9. The minimum Gasteiger partial charge on any atom is -0.289 e. The van der Waals surface area contributed by atoms with Crippen LogP contribution in [0.15, 0.2) is 0 Å². The minimum atomic E-state index is -4.90. The van der Waals surface area contributed by atoms with Gasteiger partial charge in [0.1, 0.15) is 0 Å². The third kappa shape index (κ3) is 5.32. The average Bonchev–Trinajstić information content (AvgIpc) is 2.16. The third-order valence-corrected chi connectivity index (χ3v) is 5.18. The van der Waals surface area contributed by atoms with Gasteiger partial charge in [0.2, 0.25) is 0 Å². The van der Waals surface area contributed by atoms with Gasteiger partial charge in [0.25, 0.3) is 0 Å². The molecule has 10 nitrogen and oxygen atoms in total. The van der Waals surface area contributed by atoms with Gasteiger partial charge < -0.3 is 0 Å². The molecule has 0 amide bonds. The standard InChI is InChI=1S/C3H9O10PS2/c1-9-14(4,12-15(5,6)10-2)13-16(7,8)11-3/h1-3H3. The molecule has 0 rings (SSSR count). The Morgan fingerprint density at radius 1 is 0.812 bits per heavy atom. The van der Waals surface area contributed by atoms with Crippen LogP contribution >= 0.6 is 7.82 Å². The van der Waals surface area contributed by atoms with Crippen molar-refractivity contribution in [1.29, 1.82) is 0 Å². The van der Waals surface area contributed by atoms with Crippen molar-refractivity contribution in [1.82, 2.24) is 0 Å². The summed E-state index contributed by atoms with van der Waals surface area (Å²) in [6.45, 7) is 0. The summed E-state index contributed by atoms with van der Waals surface area (Å²) in [5.41, 5.74) is 0. The van der Waals surface area contributed by atoms with Crippen LogP contribution in [0.25, 0.3) is 0 Å². The van der Waals surface area contributed by atoms with Crippen molar-refractivity contribution in [2.45, 2.75) is 0 Å². The monoisotopic (exact) mass is 300 g/mol. The molecule has 0 saturated heterocycles. The lowest BCUT2D eigenvalue weighted by atomic mass is 11.8. The van der Waals surface area contributed by atoms with Crippen molar-refractivity contribution >= 4 is 28.6 Å². The SMILES string of the molecule is COP(=O)(OS(=O)(=O)OC)OS(=O)(=O)OC. The number of rotatable bonds is 7. The summed E-state index contributed by atoms with van der Waals surface area (Å²) < 4.78 is 73.4. The van der Waals surface area contributed by atoms with E-state index in [1.54, 1.807) is 0 Å². The highest BCUT2D eigenvalue weighted by atomic mass is 32.3. The molecule has 16 heavy (non-hydrogen) atoms. The van der Waals surface area contributed by atoms with E-state index in [4.69, 9.17) is 0 Å². The van der Waals surface area contributed by atoms with Crippen LogP contribution < -0.4 is 0 Å². The summed E-state index contributed by atoms with van der Waals surface area (Å²) in [5, 5.41) is 0. The zero-order chi connectivity index (χ0) is 13.0. The number of hydrogen-bond donors (Lipinski definition) is 0. The number of phosphoric acid groups is 1. The van der Waals surface area contributed by atoms with E-state index >= 15 is 0 Å². The molecule has 0 spiro atoms. The topological polar surface area (TPSA) is 132 Å². The second-order valence-corrected chi connectivity index (χ2v) is 6.68. The maximum absolute atomic E-state index is 11.3. The molecule has 0 aromatic heterocycles. The first kappa shape index (κ1) is 15.9. The highest BCUT2D eigenvalue weighted by molar-refractivity contribution is 7.90. The van der Waals surface area contributed by atoms with Gasteiger partial charge in [-0.25, -0.2) is 4.57 Å². The van der Waals surface area contributed by atoms with Gasteiger partial charge in [-0.15, -0.1) is 7.94 Å². The quantitative estimate of drug-likeness (QED) is 0.569. The Morgan fingerprint density at radius 3 is 1.31 bits per heavy atom. The van der Waals surface area contributed by atoms with Crippen LogP contribution in [0.3, 0.4) is 0 Å². The summed E-state index contributed by atoms with van der Waals surface area (Å²) in [4.78, 5) is 0. The summed E-state index contributed by atoms with van der Waals surface area (Å²) in [7, 11) is -12.2. The van der Waals surface area contributed by atoms with Gasteiger partial charge in [-0.2, -0.15) is 16.8 Å². The zero-order valence-electron chi connectivity index (χ0n) is 8.35. The van der Waals surface area contributed by atoms with Crippen LogP contribution in [0.5, 0.6) is 0 Å². The maximum Gasteiger partial charge on any atom is 0.507 e. The molecule has 0 aliphatic heterocycles. The lowest BCUT2D eigenvalue weighted by Gasteiger charge is -2.12. The molecule has 0 aliphatic rings. The maximum atomic E-state index is 11.3. The van der Waals surface area contributed by atoms with Crippen LogP contribution in [-0.4, -0.2) is 38.2 Å². The van der Waals surface area contributed by atoms with E-state index in [-0.39, 0.29) is 0 Å². The third-order valence-electron chi connectivity index (χ3n) is 0.997. The van der Waals surface area contributed by atoms with Crippen molar-refractivity contribution in [3.63, 3.8) is 0 Å². The Morgan fingerprint density at radius 2 is 1.12 bits per heavy atom. The van der Waals surface area contributed by atoms with E-state index in [0.717, 1.165) is 0 Å². The summed E-state index contributed by atoms with van der Waals surface area (Å²) >= 11 is 0. The molecule has 0 bridgehead atoms. The van der Waals surface area contributed by atoms with Crippen LogP contribution in [0.2, 0.25) is 0 Å². The smallest absolute Gasteiger partial charge is 0.289 e. The van der Waals surface area contributed by atoms with Gasteiger partial charge in [-0.3, -0.25) is 12.9 Å². The van der Waals surface area contributed by atoms with E-state index in [1.165, 1.54) is 0 Å². The fraction of sp³-hybridized carbons (Fsp3) is 1.00. The van der Waals surface area contributed by atoms with Crippen molar-refractivity contribution in [2.24, 2.45) is 0 Å². The lowest BCUT2D eigenvalue weighted by molar-refractivity contribution is 0.219. The van der Waals surface area contributed by atoms with E-state index in [0.29, 0.717) is 21.3 Å². The summed E-state index contributed by atoms with van der Waals surface area (Å²) in [6.07, 6.45) is 0. The highest BCUT2D eigenvalue weighted by Gasteiger charge is 2.38. The van der Waals surface area contributed by atoms with Crippen molar-refractivity contribution in [2.75, 3.05) is 21.3 Å². The largest absolute Gasteiger partial charge is 0.507 e. The van der Waals surface area contributed by atoms with Gasteiger partial charge in [-0.1, -0.05) is 0 Å².